The van der Waals surface area contributed by atoms with Gasteiger partial charge in [0.2, 0.25) is 0 Å². The molecule has 0 spiro atoms. The number of furan rings is 1. The van der Waals surface area contributed by atoms with E-state index in [0.717, 1.165) is 35.4 Å². The highest BCUT2D eigenvalue weighted by atomic mass is 16.5. The predicted molar refractivity (Wildman–Crippen MR) is 58.2 cm³/mol. The average molecular weight is 203 g/mol. The van der Waals surface area contributed by atoms with Gasteiger partial charge in [-0.1, -0.05) is 12.1 Å². The van der Waals surface area contributed by atoms with Crippen molar-refractivity contribution in [2.24, 2.45) is 0 Å². The Morgan fingerprint density at radius 2 is 2.27 bits per heavy atom. The van der Waals surface area contributed by atoms with Crippen molar-refractivity contribution in [3.8, 4) is 5.75 Å². The Morgan fingerprint density at radius 3 is 3.00 bits per heavy atom. The van der Waals surface area contributed by atoms with Gasteiger partial charge in [-0.3, -0.25) is 0 Å². The zero-order valence-electron chi connectivity index (χ0n) is 8.62. The number of ether oxygens (including phenoxy) is 1. The number of aryl methyl sites for hydroxylation is 1. The SMILES string of the molecule is Cc1coc2c(OC3CNC3)cccc12. The molecule has 1 fully saturated rings. The van der Waals surface area contributed by atoms with Crippen LogP contribution in [-0.4, -0.2) is 19.2 Å². The molecule has 3 rings (SSSR count). The molecule has 1 N–H and O–H groups in total. The molecule has 2 aromatic rings. The summed E-state index contributed by atoms with van der Waals surface area (Å²) < 4.78 is 11.3. The lowest BCUT2D eigenvalue weighted by molar-refractivity contribution is 0.142. The molecule has 0 atom stereocenters. The largest absolute Gasteiger partial charge is 0.484 e. The zero-order chi connectivity index (χ0) is 10.3. The summed E-state index contributed by atoms with van der Waals surface area (Å²) in [5, 5.41) is 4.32. The zero-order valence-corrected chi connectivity index (χ0v) is 8.62. The molecule has 0 amide bonds. The van der Waals surface area contributed by atoms with Crippen LogP contribution in [0.1, 0.15) is 5.56 Å². The lowest BCUT2D eigenvalue weighted by Gasteiger charge is -2.27. The first-order valence-corrected chi connectivity index (χ1v) is 5.19. The van der Waals surface area contributed by atoms with Crippen LogP contribution in [0.15, 0.2) is 28.9 Å². The molecule has 0 aliphatic carbocycles. The van der Waals surface area contributed by atoms with Crippen LogP contribution >= 0.6 is 0 Å². The second kappa shape index (κ2) is 3.28. The first-order valence-electron chi connectivity index (χ1n) is 5.19. The quantitative estimate of drug-likeness (QED) is 0.811. The Labute approximate surface area is 88.0 Å². The molecule has 1 saturated heterocycles. The minimum atomic E-state index is 0.293. The monoisotopic (exact) mass is 203 g/mol. The lowest BCUT2D eigenvalue weighted by Crippen LogP contribution is -2.50. The van der Waals surface area contributed by atoms with Crippen molar-refractivity contribution < 1.29 is 9.15 Å². The molecule has 0 unspecified atom stereocenters. The van der Waals surface area contributed by atoms with Gasteiger partial charge in [-0.25, -0.2) is 0 Å². The maximum absolute atomic E-state index is 5.82. The summed E-state index contributed by atoms with van der Waals surface area (Å²) in [4.78, 5) is 0. The topological polar surface area (TPSA) is 34.4 Å². The van der Waals surface area contributed by atoms with E-state index < -0.39 is 0 Å². The third-order valence-corrected chi connectivity index (χ3v) is 2.79. The Bertz CT molecular complexity index is 485. The van der Waals surface area contributed by atoms with Crippen molar-refractivity contribution in [1.29, 1.82) is 0 Å². The van der Waals surface area contributed by atoms with Crippen molar-refractivity contribution in [3.05, 3.63) is 30.0 Å². The molecule has 1 aromatic carbocycles. The van der Waals surface area contributed by atoms with E-state index in [1.54, 1.807) is 6.26 Å². The molecule has 0 bridgehead atoms. The Morgan fingerprint density at radius 1 is 1.40 bits per heavy atom. The van der Waals surface area contributed by atoms with Gasteiger partial charge in [0.25, 0.3) is 0 Å². The number of nitrogens with one attached hydrogen (secondary N) is 1. The summed E-state index contributed by atoms with van der Waals surface area (Å²) in [6, 6.07) is 6.02. The van der Waals surface area contributed by atoms with Crippen LogP contribution in [0, 0.1) is 6.92 Å². The maximum atomic E-state index is 5.82. The summed E-state index contributed by atoms with van der Waals surface area (Å²) in [6.07, 6.45) is 2.07. The van der Waals surface area contributed by atoms with Crippen molar-refractivity contribution in [2.45, 2.75) is 13.0 Å². The van der Waals surface area contributed by atoms with Crippen molar-refractivity contribution in [1.82, 2.24) is 5.32 Å². The summed E-state index contributed by atoms with van der Waals surface area (Å²) >= 11 is 0. The molecular formula is C12H13NO2. The van der Waals surface area contributed by atoms with Crippen LogP contribution in [-0.2, 0) is 0 Å². The van der Waals surface area contributed by atoms with E-state index >= 15 is 0 Å². The molecule has 3 heteroatoms. The van der Waals surface area contributed by atoms with E-state index in [-0.39, 0.29) is 0 Å². The molecule has 15 heavy (non-hydrogen) atoms. The standard InChI is InChI=1S/C12H13NO2/c1-8-7-14-12-10(8)3-2-4-11(12)15-9-5-13-6-9/h2-4,7,9,13H,5-6H2,1H3. The van der Waals surface area contributed by atoms with E-state index in [0.29, 0.717) is 6.10 Å². The van der Waals surface area contributed by atoms with E-state index in [2.05, 4.69) is 11.4 Å². The van der Waals surface area contributed by atoms with Crippen molar-refractivity contribution in [3.63, 3.8) is 0 Å². The highest BCUT2D eigenvalue weighted by Gasteiger charge is 2.20. The Kier molecular flexibility index (Phi) is 1.92. The van der Waals surface area contributed by atoms with Gasteiger partial charge in [-0.15, -0.1) is 0 Å². The second-order valence-corrected chi connectivity index (χ2v) is 3.95. The Balaban J connectivity index is 2.01. The molecule has 1 aliphatic heterocycles. The van der Waals surface area contributed by atoms with E-state index in [1.807, 2.05) is 19.1 Å². The molecule has 0 radical (unpaired) electrons. The maximum Gasteiger partial charge on any atom is 0.175 e. The third kappa shape index (κ3) is 1.39. The number of para-hydroxylation sites is 1. The van der Waals surface area contributed by atoms with Gasteiger partial charge in [-0.2, -0.15) is 0 Å². The normalized spacial score (nSPS) is 16.6. The third-order valence-electron chi connectivity index (χ3n) is 2.79. The number of rotatable bonds is 2. The number of hydrogen-bond donors (Lipinski definition) is 1. The average Bonchev–Trinajstić information content (AvgIpc) is 2.55. The van der Waals surface area contributed by atoms with Crippen LogP contribution < -0.4 is 10.1 Å². The van der Waals surface area contributed by atoms with Crippen molar-refractivity contribution >= 4 is 11.0 Å². The van der Waals surface area contributed by atoms with Gasteiger partial charge < -0.3 is 14.5 Å². The Hall–Kier alpha value is -1.48. The fourth-order valence-corrected chi connectivity index (χ4v) is 1.78. The predicted octanol–water partition coefficient (Wildman–Crippen LogP) is 2.09. The van der Waals surface area contributed by atoms with Gasteiger partial charge in [0.1, 0.15) is 6.10 Å². The van der Waals surface area contributed by atoms with Gasteiger partial charge in [0.15, 0.2) is 11.3 Å². The van der Waals surface area contributed by atoms with Crippen LogP contribution in [0.5, 0.6) is 5.75 Å². The molecule has 78 valence electrons. The van der Waals surface area contributed by atoms with Crippen LogP contribution in [0.2, 0.25) is 0 Å². The number of benzene rings is 1. The van der Waals surface area contributed by atoms with Crippen LogP contribution in [0.25, 0.3) is 11.0 Å². The highest BCUT2D eigenvalue weighted by molar-refractivity contribution is 5.85. The summed E-state index contributed by atoms with van der Waals surface area (Å²) in [7, 11) is 0. The summed E-state index contributed by atoms with van der Waals surface area (Å²) in [6.45, 7) is 3.90. The first kappa shape index (κ1) is 8.80. The molecule has 0 saturated carbocycles. The van der Waals surface area contributed by atoms with Gasteiger partial charge >= 0.3 is 0 Å². The van der Waals surface area contributed by atoms with Crippen LogP contribution in [0.3, 0.4) is 0 Å². The summed E-state index contributed by atoms with van der Waals surface area (Å²) in [5.74, 6) is 0.854. The molecule has 2 heterocycles. The number of hydrogen-bond acceptors (Lipinski definition) is 3. The highest BCUT2D eigenvalue weighted by Crippen LogP contribution is 2.30. The van der Waals surface area contributed by atoms with E-state index in [9.17, 15) is 0 Å². The molecule has 1 aliphatic rings. The fourth-order valence-electron chi connectivity index (χ4n) is 1.78. The van der Waals surface area contributed by atoms with Gasteiger partial charge in [0.05, 0.1) is 6.26 Å². The lowest BCUT2D eigenvalue weighted by atomic mass is 10.2. The number of fused-ring (bicyclic) bond motifs is 1. The molecular weight excluding hydrogens is 190 g/mol. The molecule has 1 aromatic heterocycles. The van der Waals surface area contributed by atoms with Crippen molar-refractivity contribution in [2.75, 3.05) is 13.1 Å². The van der Waals surface area contributed by atoms with Crippen LogP contribution in [0.4, 0.5) is 0 Å². The van der Waals surface area contributed by atoms with Gasteiger partial charge in [0, 0.05) is 18.5 Å². The molecule has 3 nitrogen and oxygen atoms in total. The smallest absolute Gasteiger partial charge is 0.175 e. The minimum absolute atomic E-state index is 0.293. The second-order valence-electron chi connectivity index (χ2n) is 3.95. The van der Waals surface area contributed by atoms with E-state index in [1.165, 1.54) is 0 Å². The first-order chi connectivity index (χ1) is 7.34. The summed E-state index contributed by atoms with van der Waals surface area (Å²) in [5.41, 5.74) is 2.02. The van der Waals surface area contributed by atoms with Gasteiger partial charge in [-0.05, 0) is 18.6 Å². The minimum Gasteiger partial charge on any atom is -0.484 e. The van der Waals surface area contributed by atoms with E-state index in [4.69, 9.17) is 9.15 Å². The fraction of sp³-hybridized carbons (Fsp3) is 0.333.